The van der Waals surface area contributed by atoms with Crippen molar-refractivity contribution in [2.75, 3.05) is 13.9 Å². The number of ether oxygens (including phenoxy) is 3. The molecule has 0 spiro atoms. The van der Waals surface area contributed by atoms with Gasteiger partial charge in [0.05, 0.1) is 7.11 Å². The molecule has 1 heterocycles. The molecule has 1 amide bonds. The SMILES string of the molecule is COC(=O)[C@H](NC(=O)/C=C/C=C/c1ccc2c(c1)OCO2)C(C)C. The second-order valence-corrected chi connectivity index (χ2v) is 5.58. The summed E-state index contributed by atoms with van der Waals surface area (Å²) in [7, 11) is 1.30. The highest BCUT2D eigenvalue weighted by molar-refractivity contribution is 5.91. The van der Waals surface area contributed by atoms with Gasteiger partial charge in [0.2, 0.25) is 12.7 Å². The van der Waals surface area contributed by atoms with Gasteiger partial charge in [-0.25, -0.2) is 4.79 Å². The molecule has 0 unspecified atom stereocenters. The second-order valence-electron chi connectivity index (χ2n) is 5.58. The number of nitrogens with one attached hydrogen (secondary N) is 1. The van der Waals surface area contributed by atoms with Crippen LogP contribution in [-0.2, 0) is 14.3 Å². The number of fused-ring (bicyclic) bond motifs is 1. The highest BCUT2D eigenvalue weighted by atomic mass is 16.7. The molecule has 0 radical (unpaired) electrons. The van der Waals surface area contributed by atoms with Gasteiger partial charge in [0.25, 0.3) is 0 Å². The van der Waals surface area contributed by atoms with E-state index in [9.17, 15) is 9.59 Å². The molecule has 24 heavy (non-hydrogen) atoms. The summed E-state index contributed by atoms with van der Waals surface area (Å²) < 4.78 is 15.2. The molecule has 0 aliphatic carbocycles. The molecule has 1 N–H and O–H groups in total. The van der Waals surface area contributed by atoms with Crippen molar-refractivity contribution in [3.05, 3.63) is 42.0 Å². The Morgan fingerprint density at radius 3 is 2.67 bits per heavy atom. The van der Waals surface area contributed by atoms with Crippen molar-refractivity contribution in [2.45, 2.75) is 19.9 Å². The van der Waals surface area contributed by atoms with Crippen LogP contribution in [0.1, 0.15) is 19.4 Å². The van der Waals surface area contributed by atoms with Gasteiger partial charge in [-0.1, -0.05) is 38.1 Å². The van der Waals surface area contributed by atoms with Gasteiger partial charge in [0.15, 0.2) is 11.5 Å². The molecule has 128 valence electrons. The van der Waals surface area contributed by atoms with Gasteiger partial charge < -0.3 is 19.5 Å². The summed E-state index contributed by atoms with van der Waals surface area (Å²) in [5.74, 6) is 0.567. The molecular formula is C18H21NO5. The molecule has 2 rings (SSSR count). The minimum atomic E-state index is -0.662. The number of rotatable bonds is 6. The van der Waals surface area contributed by atoms with E-state index in [2.05, 4.69) is 10.1 Å². The first-order valence-corrected chi connectivity index (χ1v) is 7.64. The van der Waals surface area contributed by atoms with Crippen LogP contribution in [0.5, 0.6) is 11.5 Å². The molecule has 0 fully saturated rings. The average molecular weight is 331 g/mol. The molecular weight excluding hydrogens is 310 g/mol. The number of hydrogen-bond donors (Lipinski definition) is 1. The number of esters is 1. The first-order valence-electron chi connectivity index (χ1n) is 7.64. The van der Waals surface area contributed by atoms with Crippen molar-refractivity contribution >= 4 is 18.0 Å². The van der Waals surface area contributed by atoms with Crippen LogP contribution < -0.4 is 14.8 Å². The Morgan fingerprint density at radius 1 is 1.21 bits per heavy atom. The van der Waals surface area contributed by atoms with E-state index in [1.807, 2.05) is 38.1 Å². The zero-order valence-corrected chi connectivity index (χ0v) is 13.9. The summed E-state index contributed by atoms with van der Waals surface area (Å²) in [5, 5.41) is 2.63. The summed E-state index contributed by atoms with van der Waals surface area (Å²) in [5.41, 5.74) is 0.930. The number of allylic oxidation sites excluding steroid dienone is 2. The molecule has 6 heteroatoms. The minimum absolute atomic E-state index is 0.0565. The molecule has 0 aromatic heterocycles. The zero-order chi connectivity index (χ0) is 17.5. The molecule has 1 aromatic rings. The van der Waals surface area contributed by atoms with Gasteiger partial charge in [-0.2, -0.15) is 0 Å². The summed E-state index contributed by atoms with van der Waals surface area (Å²) in [6, 6.07) is 4.93. The predicted octanol–water partition coefficient (Wildman–Crippen LogP) is 2.30. The second kappa shape index (κ2) is 8.19. The molecule has 1 aromatic carbocycles. The first kappa shape index (κ1) is 17.6. The molecule has 6 nitrogen and oxygen atoms in total. The van der Waals surface area contributed by atoms with Crippen LogP contribution in [0.3, 0.4) is 0 Å². The molecule has 1 aliphatic heterocycles. The molecule has 0 saturated heterocycles. The third-order valence-corrected chi connectivity index (χ3v) is 3.46. The fraction of sp³-hybridized carbons (Fsp3) is 0.333. The van der Waals surface area contributed by atoms with Gasteiger partial charge >= 0.3 is 5.97 Å². The van der Waals surface area contributed by atoms with Crippen LogP contribution in [0.2, 0.25) is 0 Å². The summed E-state index contributed by atoms with van der Waals surface area (Å²) in [6.45, 7) is 3.91. The predicted molar refractivity (Wildman–Crippen MR) is 89.5 cm³/mol. The maximum absolute atomic E-state index is 11.9. The summed E-state index contributed by atoms with van der Waals surface area (Å²) >= 11 is 0. The van der Waals surface area contributed by atoms with Gasteiger partial charge in [0, 0.05) is 6.08 Å². The lowest BCUT2D eigenvalue weighted by Crippen LogP contribution is -2.44. The van der Waals surface area contributed by atoms with E-state index in [4.69, 9.17) is 9.47 Å². The average Bonchev–Trinajstić information content (AvgIpc) is 3.03. The maximum Gasteiger partial charge on any atom is 0.328 e. The van der Waals surface area contributed by atoms with E-state index >= 15 is 0 Å². The Kier molecular flexibility index (Phi) is 6.01. The smallest absolute Gasteiger partial charge is 0.328 e. The Bertz CT molecular complexity index is 663. The van der Waals surface area contributed by atoms with Crippen molar-refractivity contribution in [1.82, 2.24) is 5.32 Å². The number of benzene rings is 1. The molecule has 0 bridgehead atoms. The molecule has 1 aliphatic rings. The van der Waals surface area contributed by atoms with Crippen LogP contribution in [-0.4, -0.2) is 31.8 Å². The topological polar surface area (TPSA) is 73.9 Å². The summed E-state index contributed by atoms with van der Waals surface area (Å²) in [4.78, 5) is 23.5. The minimum Gasteiger partial charge on any atom is -0.467 e. The van der Waals surface area contributed by atoms with Crippen LogP contribution in [0.25, 0.3) is 6.08 Å². The van der Waals surface area contributed by atoms with E-state index in [1.165, 1.54) is 13.2 Å². The lowest BCUT2D eigenvalue weighted by atomic mass is 10.0. The first-order chi connectivity index (χ1) is 11.5. The van der Waals surface area contributed by atoms with Crippen LogP contribution in [0.4, 0.5) is 0 Å². The van der Waals surface area contributed by atoms with E-state index in [1.54, 1.807) is 12.2 Å². The lowest BCUT2D eigenvalue weighted by molar-refractivity contribution is -0.145. The zero-order valence-electron chi connectivity index (χ0n) is 13.9. The summed E-state index contributed by atoms with van der Waals surface area (Å²) in [6.07, 6.45) is 6.54. The van der Waals surface area contributed by atoms with Crippen molar-refractivity contribution in [3.63, 3.8) is 0 Å². The quantitative estimate of drug-likeness (QED) is 0.492. The van der Waals surface area contributed by atoms with Crippen molar-refractivity contribution in [3.8, 4) is 11.5 Å². The molecule has 1 atom stereocenters. The third-order valence-electron chi connectivity index (χ3n) is 3.46. The number of carbonyl (C=O) groups excluding carboxylic acids is 2. The van der Waals surface area contributed by atoms with Gasteiger partial charge in [-0.15, -0.1) is 0 Å². The van der Waals surface area contributed by atoms with Crippen LogP contribution >= 0.6 is 0 Å². The van der Waals surface area contributed by atoms with E-state index in [0.29, 0.717) is 5.75 Å². The Morgan fingerprint density at radius 2 is 1.96 bits per heavy atom. The fourth-order valence-electron chi connectivity index (χ4n) is 2.15. The Hall–Kier alpha value is -2.76. The highest BCUT2D eigenvalue weighted by Gasteiger charge is 2.23. The lowest BCUT2D eigenvalue weighted by Gasteiger charge is -2.18. The maximum atomic E-state index is 11.9. The number of methoxy groups -OCH3 is 1. The van der Waals surface area contributed by atoms with Crippen molar-refractivity contribution in [2.24, 2.45) is 5.92 Å². The third kappa shape index (κ3) is 4.62. The van der Waals surface area contributed by atoms with E-state index in [-0.39, 0.29) is 18.6 Å². The van der Waals surface area contributed by atoms with Gasteiger partial charge in [-0.3, -0.25) is 4.79 Å². The number of carbonyl (C=O) groups is 2. The van der Waals surface area contributed by atoms with Gasteiger partial charge in [-0.05, 0) is 23.6 Å². The van der Waals surface area contributed by atoms with E-state index < -0.39 is 12.0 Å². The monoisotopic (exact) mass is 331 g/mol. The largest absolute Gasteiger partial charge is 0.467 e. The van der Waals surface area contributed by atoms with Crippen molar-refractivity contribution in [1.29, 1.82) is 0 Å². The van der Waals surface area contributed by atoms with E-state index in [0.717, 1.165) is 11.3 Å². The Balaban J connectivity index is 1.90. The molecule has 0 saturated carbocycles. The van der Waals surface area contributed by atoms with Gasteiger partial charge in [0.1, 0.15) is 6.04 Å². The number of hydrogen-bond acceptors (Lipinski definition) is 5. The highest BCUT2D eigenvalue weighted by Crippen LogP contribution is 2.32. The standard InChI is InChI=1S/C18H21NO5/c1-12(2)17(18(21)22-3)19-16(20)7-5-4-6-13-8-9-14-15(10-13)24-11-23-14/h4-10,12,17H,11H2,1-3H3,(H,19,20)/b6-4+,7-5+/t17-/m1/s1. The van der Waals surface area contributed by atoms with Crippen LogP contribution in [0, 0.1) is 5.92 Å². The number of amides is 1. The van der Waals surface area contributed by atoms with Crippen molar-refractivity contribution < 1.29 is 23.8 Å². The fourth-order valence-corrected chi connectivity index (χ4v) is 2.15. The Labute approximate surface area is 141 Å². The normalized spacial score (nSPS) is 14.3. The van der Waals surface area contributed by atoms with Crippen LogP contribution in [0.15, 0.2) is 36.4 Å².